The van der Waals surface area contributed by atoms with Crippen molar-refractivity contribution in [2.75, 3.05) is 5.75 Å². The molecule has 1 aliphatic heterocycles. The minimum Gasteiger partial charge on any atom is -0.508 e. The molecule has 1 aromatic carbocycles. The maximum Gasteiger partial charge on any atom is 0.412 e. The van der Waals surface area contributed by atoms with E-state index in [1.807, 2.05) is 0 Å². The number of hydrogen-bond acceptors (Lipinski definition) is 5. The number of carbonyl (C=O) groups excluding carboxylic acids is 1. The molecule has 0 aromatic heterocycles. The number of halogens is 1. The molecule has 0 radical (unpaired) electrons. The van der Waals surface area contributed by atoms with Crippen molar-refractivity contribution in [3.63, 3.8) is 0 Å². The lowest BCUT2D eigenvalue weighted by Gasteiger charge is -2.30. The first-order chi connectivity index (χ1) is 10.6. The van der Waals surface area contributed by atoms with Crippen LogP contribution in [-0.2, 0) is 9.53 Å². The summed E-state index contributed by atoms with van der Waals surface area (Å²) in [4.78, 5) is 24.9. The number of aliphatic carboxylic acids is 1. The summed E-state index contributed by atoms with van der Waals surface area (Å²) in [7, 11) is 0. The SMILES string of the molecule is CC(C)(C)OC(=O)N1C(c2cc(F)ccc2O)SC[C@H]1C(=O)O. The zero-order chi connectivity index (χ0) is 17.4. The first-order valence-corrected chi connectivity index (χ1v) is 7.99. The van der Waals surface area contributed by atoms with Gasteiger partial charge in [-0.05, 0) is 39.0 Å². The molecule has 1 aromatic rings. The molecule has 8 heteroatoms. The standard InChI is InChI=1S/C15H18FNO5S/c1-15(2,3)22-14(21)17-10(13(19)20)7-23-12(17)9-6-8(16)4-5-11(9)18/h4-6,10,12,18H,7H2,1-3H3,(H,19,20)/t10-,12?/m0/s1. The van der Waals surface area contributed by atoms with E-state index in [1.165, 1.54) is 6.07 Å². The highest BCUT2D eigenvalue weighted by Crippen LogP contribution is 2.45. The number of benzene rings is 1. The highest BCUT2D eigenvalue weighted by Gasteiger charge is 2.45. The fourth-order valence-electron chi connectivity index (χ4n) is 2.20. The Hall–Kier alpha value is -1.96. The normalized spacial score (nSPS) is 21.3. The number of amides is 1. The van der Waals surface area contributed by atoms with Crippen LogP contribution in [0.1, 0.15) is 31.7 Å². The minimum atomic E-state index is -1.18. The van der Waals surface area contributed by atoms with E-state index in [2.05, 4.69) is 0 Å². The van der Waals surface area contributed by atoms with Crippen molar-refractivity contribution in [3.8, 4) is 5.75 Å². The smallest absolute Gasteiger partial charge is 0.412 e. The molecular formula is C15H18FNO5S. The van der Waals surface area contributed by atoms with Crippen LogP contribution in [0.4, 0.5) is 9.18 Å². The molecule has 1 saturated heterocycles. The van der Waals surface area contributed by atoms with E-state index in [1.54, 1.807) is 20.8 Å². The van der Waals surface area contributed by atoms with Crippen molar-refractivity contribution >= 4 is 23.8 Å². The summed E-state index contributed by atoms with van der Waals surface area (Å²) in [6.07, 6.45) is -0.816. The topological polar surface area (TPSA) is 87.1 Å². The Morgan fingerprint density at radius 1 is 1.39 bits per heavy atom. The number of carboxylic acids is 1. The van der Waals surface area contributed by atoms with E-state index in [4.69, 9.17) is 4.74 Å². The Bertz CT molecular complexity index is 631. The monoisotopic (exact) mass is 343 g/mol. The first-order valence-electron chi connectivity index (χ1n) is 6.94. The average molecular weight is 343 g/mol. The molecule has 1 heterocycles. The van der Waals surface area contributed by atoms with Crippen molar-refractivity contribution in [2.24, 2.45) is 0 Å². The highest BCUT2D eigenvalue weighted by atomic mass is 32.2. The molecule has 6 nitrogen and oxygen atoms in total. The van der Waals surface area contributed by atoms with Gasteiger partial charge >= 0.3 is 12.1 Å². The molecule has 1 unspecified atom stereocenters. The number of carboxylic acid groups (broad SMARTS) is 1. The molecule has 1 amide bonds. The zero-order valence-electron chi connectivity index (χ0n) is 12.9. The van der Waals surface area contributed by atoms with Gasteiger partial charge in [0, 0.05) is 11.3 Å². The maximum atomic E-state index is 13.5. The Labute approximate surface area is 137 Å². The van der Waals surface area contributed by atoms with E-state index in [0.717, 1.165) is 28.8 Å². The number of ether oxygens (including phenoxy) is 1. The molecule has 126 valence electrons. The number of hydrogen-bond donors (Lipinski definition) is 2. The molecule has 2 atom stereocenters. The summed E-state index contributed by atoms with van der Waals surface area (Å²) in [6.45, 7) is 5.00. The van der Waals surface area contributed by atoms with E-state index in [9.17, 15) is 24.2 Å². The van der Waals surface area contributed by atoms with Crippen LogP contribution in [0.5, 0.6) is 5.75 Å². The van der Waals surface area contributed by atoms with Crippen molar-refractivity contribution in [2.45, 2.75) is 37.8 Å². The van der Waals surface area contributed by atoms with Crippen LogP contribution < -0.4 is 0 Å². The lowest BCUT2D eigenvalue weighted by atomic mass is 10.1. The van der Waals surface area contributed by atoms with Crippen LogP contribution in [0, 0.1) is 5.82 Å². The summed E-state index contributed by atoms with van der Waals surface area (Å²) in [5.41, 5.74) is -0.660. The second-order valence-electron chi connectivity index (χ2n) is 6.13. The fourth-order valence-corrected chi connectivity index (χ4v) is 3.63. The molecule has 2 N–H and O–H groups in total. The quantitative estimate of drug-likeness (QED) is 0.858. The first kappa shape index (κ1) is 17.4. The second-order valence-corrected chi connectivity index (χ2v) is 7.24. The second kappa shape index (κ2) is 6.27. The van der Waals surface area contributed by atoms with Crippen molar-refractivity contribution in [1.29, 1.82) is 0 Å². The van der Waals surface area contributed by atoms with Gasteiger partial charge in [0.25, 0.3) is 0 Å². The maximum absolute atomic E-state index is 13.5. The Morgan fingerprint density at radius 3 is 2.61 bits per heavy atom. The lowest BCUT2D eigenvalue weighted by molar-refractivity contribution is -0.142. The molecule has 2 rings (SSSR count). The average Bonchev–Trinajstić information content (AvgIpc) is 2.84. The number of rotatable bonds is 2. The van der Waals surface area contributed by atoms with Gasteiger partial charge in [-0.3, -0.25) is 4.90 Å². The van der Waals surface area contributed by atoms with Gasteiger partial charge in [0.05, 0.1) is 0 Å². The van der Waals surface area contributed by atoms with Crippen LogP contribution in [0.15, 0.2) is 18.2 Å². The third-order valence-electron chi connectivity index (χ3n) is 3.15. The molecule has 0 spiro atoms. The molecule has 23 heavy (non-hydrogen) atoms. The Kier molecular flexibility index (Phi) is 4.74. The number of phenolic OH excluding ortho intramolecular Hbond substituents is 1. The summed E-state index contributed by atoms with van der Waals surface area (Å²) in [5.74, 6) is -1.85. The Morgan fingerprint density at radius 2 is 2.04 bits per heavy atom. The van der Waals surface area contributed by atoms with Crippen LogP contribution in [-0.4, -0.2) is 44.6 Å². The summed E-state index contributed by atoms with van der Waals surface area (Å²) < 4.78 is 18.7. The molecular weight excluding hydrogens is 325 g/mol. The van der Waals surface area contributed by atoms with Gasteiger partial charge in [-0.25, -0.2) is 14.0 Å². The summed E-state index contributed by atoms with van der Waals surface area (Å²) in [5, 5.41) is 18.4. The van der Waals surface area contributed by atoms with Crippen molar-refractivity contribution < 1.29 is 28.9 Å². The molecule has 0 bridgehead atoms. The molecule has 0 aliphatic carbocycles. The molecule has 0 saturated carbocycles. The predicted octanol–water partition coefficient (Wildman–Crippen LogP) is 2.97. The van der Waals surface area contributed by atoms with Crippen molar-refractivity contribution in [1.82, 2.24) is 4.90 Å². The summed E-state index contributed by atoms with van der Waals surface area (Å²) in [6, 6.07) is 2.24. The van der Waals surface area contributed by atoms with Gasteiger partial charge < -0.3 is 14.9 Å². The van der Waals surface area contributed by atoms with Crippen LogP contribution in [0.25, 0.3) is 0 Å². The Balaban J connectivity index is 2.39. The van der Waals surface area contributed by atoms with Gasteiger partial charge in [0.1, 0.15) is 28.6 Å². The van der Waals surface area contributed by atoms with Crippen LogP contribution in [0.2, 0.25) is 0 Å². The van der Waals surface area contributed by atoms with Gasteiger partial charge in [0.15, 0.2) is 0 Å². The zero-order valence-corrected chi connectivity index (χ0v) is 13.8. The number of carbonyl (C=O) groups is 2. The van der Waals surface area contributed by atoms with E-state index in [-0.39, 0.29) is 17.1 Å². The van der Waals surface area contributed by atoms with Gasteiger partial charge in [-0.15, -0.1) is 11.8 Å². The third kappa shape index (κ3) is 3.87. The van der Waals surface area contributed by atoms with E-state index in [0.29, 0.717) is 0 Å². The van der Waals surface area contributed by atoms with Gasteiger partial charge in [0.2, 0.25) is 0 Å². The van der Waals surface area contributed by atoms with E-state index < -0.39 is 34.9 Å². The largest absolute Gasteiger partial charge is 0.508 e. The number of aromatic hydroxyl groups is 1. The van der Waals surface area contributed by atoms with Crippen molar-refractivity contribution in [3.05, 3.63) is 29.6 Å². The lowest BCUT2D eigenvalue weighted by Crippen LogP contribution is -2.45. The molecule has 1 fully saturated rings. The van der Waals surface area contributed by atoms with Crippen LogP contribution >= 0.6 is 11.8 Å². The molecule has 1 aliphatic rings. The number of nitrogens with zero attached hydrogens (tertiary/aromatic N) is 1. The third-order valence-corrected chi connectivity index (χ3v) is 4.45. The predicted molar refractivity (Wildman–Crippen MR) is 82.8 cm³/mol. The summed E-state index contributed by atoms with van der Waals surface area (Å²) >= 11 is 1.13. The van der Waals surface area contributed by atoms with Gasteiger partial charge in [-0.2, -0.15) is 0 Å². The fraction of sp³-hybridized carbons (Fsp3) is 0.467. The highest BCUT2D eigenvalue weighted by molar-refractivity contribution is 7.99. The number of thioether (sulfide) groups is 1. The van der Waals surface area contributed by atoms with Crippen LogP contribution in [0.3, 0.4) is 0 Å². The van der Waals surface area contributed by atoms with Gasteiger partial charge in [-0.1, -0.05) is 0 Å². The number of phenols is 1. The van der Waals surface area contributed by atoms with E-state index >= 15 is 0 Å². The minimum absolute atomic E-state index is 0.120.